The van der Waals surface area contributed by atoms with Gasteiger partial charge in [-0.1, -0.05) is 30.7 Å². The van der Waals surface area contributed by atoms with Crippen LogP contribution in [0.1, 0.15) is 35.4 Å². The van der Waals surface area contributed by atoms with Crippen molar-refractivity contribution in [1.82, 2.24) is 10.2 Å². The van der Waals surface area contributed by atoms with E-state index in [9.17, 15) is 4.79 Å². The normalized spacial score (nSPS) is 17.1. The van der Waals surface area contributed by atoms with Crippen LogP contribution < -0.4 is 5.32 Å². The van der Waals surface area contributed by atoms with Gasteiger partial charge in [-0.3, -0.25) is 4.79 Å². The van der Waals surface area contributed by atoms with Crippen LogP contribution in [0.2, 0.25) is 5.02 Å². The lowest BCUT2D eigenvalue weighted by Crippen LogP contribution is -2.44. The van der Waals surface area contributed by atoms with Gasteiger partial charge in [0, 0.05) is 16.4 Å². The van der Waals surface area contributed by atoms with Gasteiger partial charge in [0.25, 0.3) is 0 Å². The summed E-state index contributed by atoms with van der Waals surface area (Å²) >= 11 is 7.81. The van der Waals surface area contributed by atoms with Crippen LogP contribution in [-0.2, 0) is 11.2 Å². The van der Waals surface area contributed by atoms with Crippen LogP contribution in [0.15, 0.2) is 35.7 Å². The van der Waals surface area contributed by atoms with Gasteiger partial charge in [0.1, 0.15) is 0 Å². The highest BCUT2D eigenvalue weighted by molar-refractivity contribution is 7.10. The molecule has 2 heterocycles. The summed E-state index contributed by atoms with van der Waals surface area (Å²) in [7, 11) is 0. The summed E-state index contributed by atoms with van der Waals surface area (Å²) in [5.41, 5.74) is 2.38. The first-order valence-corrected chi connectivity index (χ1v) is 9.28. The second-order valence-electron chi connectivity index (χ2n) is 5.77. The molecule has 0 saturated heterocycles. The molecule has 1 N–H and O–H groups in total. The van der Waals surface area contributed by atoms with E-state index in [2.05, 4.69) is 23.7 Å². The zero-order valence-corrected chi connectivity index (χ0v) is 14.8. The Kier molecular flexibility index (Phi) is 5.36. The van der Waals surface area contributed by atoms with Crippen molar-refractivity contribution in [1.29, 1.82) is 0 Å². The van der Waals surface area contributed by atoms with Crippen molar-refractivity contribution >= 4 is 28.8 Å². The van der Waals surface area contributed by atoms with Crippen LogP contribution >= 0.6 is 22.9 Å². The highest BCUT2D eigenvalue weighted by Gasteiger charge is 2.32. The van der Waals surface area contributed by atoms with Crippen molar-refractivity contribution in [2.75, 3.05) is 19.6 Å². The second kappa shape index (κ2) is 7.47. The summed E-state index contributed by atoms with van der Waals surface area (Å²) in [6.07, 6.45) is 1.97. The zero-order valence-electron chi connectivity index (χ0n) is 13.2. The molecule has 1 aliphatic heterocycles. The molecule has 0 spiro atoms. The number of thiophene rings is 1. The van der Waals surface area contributed by atoms with Gasteiger partial charge < -0.3 is 10.2 Å². The molecule has 2 aromatic rings. The lowest BCUT2D eigenvalue weighted by atomic mass is 9.93. The molecule has 0 fully saturated rings. The standard InChI is InChI=1S/C18H21ClN2OS/c1-2-9-20-12-17(22)21-10-7-16-15(8-11-23-16)18(21)13-3-5-14(19)6-4-13/h3-6,8,11,18,20H,2,7,9-10,12H2,1H3/t18-/m0/s1. The van der Waals surface area contributed by atoms with Crippen LogP contribution in [-0.4, -0.2) is 30.4 Å². The Morgan fingerprint density at radius 2 is 2.13 bits per heavy atom. The Morgan fingerprint density at radius 1 is 1.35 bits per heavy atom. The van der Waals surface area contributed by atoms with Crippen LogP contribution in [0.5, 0.6) is 0 Å². The summed E-state index contributed by atoms with van der Waals surface area (Å²) in [5.74, 6) is 0.162. The first-order chi connectivity index (χ1) is 11.2. The first kappa shape index (κ1) is 16.5. The van der Waals surface area contributed by atoms with E-state index in [0.717, 1.165) is 36.5 Å². The van der Waals surface area contributed by atoms with Gasteiger partial charge >= 0.3 is 0 Å². The smallest absolute Gasteiger partial charge is 0.237 e. The third kappa shape index (κ3) is 3.60. The molecule has 3 nitrogen and oxygen atoms in total. The lowest BCUT2D eigenvalue weighted by Gasteiger charge is -2.36. The average molecular weight is 349 g/mol. The SMILES string of the molecule is CCCNCC(=O)N1CCc2sccc2[C@@H]1c1ccc(Cl)cc1. The average Bonchev–Trinajstić information content (AvgIpc) is 3.03. The van der Waals surface area contributed by atoms with E-state index in [1.807, 2.05) is 29.2 Å². The zero-order chi connectivity index (χ0) is 16.2. The predicted octanol–water partition coefficient (Wildman–Crippen LogP) is 3.88. The molecule has 3 rings (SSSR count). The topological polar surface area (TPSA) is 32.3 Å². The first-order valence-electron chi connectivity index (χ1n) is 8.02. The number of nitrogens with zero attached hydrogens (tertiary/aromatic N) is 1. The third-order valence-corrected chi connectivity index (χ3v) is 5.42. The minimum atomic E-state index is -0.00167. The van der Waals surface area contributed by atoms with Crippen LogP contribution in [0.4, 0.5) is 0 Å². The predicted molar refractivity (Wildman–Crippen MR) is 96.2 cm³/mol. The fourth-order valence-electron chi connectivity index (χ4n) is 3.06. The van der Waals surface area contributed by atoms with Crippen LogP contribution in [0.3, 0.4) is 0 Å². The van der Waals surface area contributed by atoms with Gasteiger partial charge in [0.05, 0.1) is 12.6 Å². The van der Waals surface area contributed by atoms with Gasteiger partial charge in [0.2, 0.25) is 5.91 Å². The number of hydrogen-bond acceptors (Lipinski definition) is 3. The Balaban J connectivity index is 1.89. The van der Waals surface area contributed by atoms with Crippen LogP contribution in [0, 0.1) is 0 Å². The van der Waals surface area contributed by atoms with E-state index < -0.39 is 0 Å². The van der Waals surface area contributed by atoms with Crippen LogP contribution in [0.25, 0.3) is 0 Å². The van der Waals surface area contributed by atoms with Crippen molar-refractivity contribution in [3.05, 3.63) is 56.7 Å². The Bertz CT molecular complexity index is 668. The van der Waals surface area contributed by atoms with Gasteiger partial charge in [0.15, 0.2) is 0 Å². The van der Waals surface area contributed by atoms with E-state index in [1.54, 1.807) is 11.3 Å². The molecule has 5 heteroatoms. The number of fused-ring (bicyclic) bond motifs is 1. The van der Waals surface area contributed by atoms with Gasteiger partial charge in [-0.05, 0) is 54.1 Å². The Hall–Kier alpha value is -1.36. The molecule has 1 atom stereocenters. The van der Waals surface area contributed by atoms with Crippen molar-refractivity contribution in [3.63, 3.8) is 0 Å². The fraction of sp³-hybridized carbons (Fsp3) is 0.389. The number of amides is 1. The minimum Gasteiger partial charge on any atom is -0.330 e. The second-order valence-corrected chi connectivity index (χ2v) is 7.20. The van der Waals surface area contributed by atoms with E-state index in [1.165, 1.54) is 10.4 Å². The summed E-state index contributed by atoms with van der Waals surface area (Å²) < 4.78 is 0. The molecule has 0 bridgehead atoms. The quantitative estimate of drug-likeness (QED) is 0.832. The number of benzene rings is 1. The minimum absolute atomic E-state index is 0.00167. The summed E-state index contributed by atoms with van der Waals surface area (Å²) in [6.45, 7) is 4.15. The van der Waals surface area contributed by atoms with Crippen molar-refractivity contribution in [3.8, 4) is 0 Å². The molecular formula is C18H21ClN2OS. The molecule has 0 saturated carbocycles. The number of carbonyl (C=O) groups is 1. The van der Waals surface area contributed by atoms with E-state index in [-0.39, 0.29) is 11.9 Å². The maximum atomic E-state index is 12.7. The number of halogens is 1. The number of nitrogens with one attached hydrogen (secondary N) is 1. The maximum absolute atomic E-state index is 12.7. The summed E-state index contributed by atoms with van der Waals surface area (Å²) in [5, 5.41) is 6.06. The molecular weight excluding hydrogens is 328 g/mol. The highest BCUT2D eigenvalue weighted by Crippen LogP contribution is 2.38. The molecule has 0 unspecified atom stereocenters. The third-order valence-electron chi connectivity index (χ3n) is 4.17. The lowest BCUT2D eigenvalue weighted by molar-refractivity contribution is -0.132. The molecule has 23 heavy (non-hydrogen) atoms. The highest BCUT2D eigenvalue weighted by atomic mass is 35.5. The summed E-state index contributed by atoms with van der Waals surface area (Å²) in [4.78, 5) is 16.1. The van der Waals surface area contributed by atoms with Crippen molar-refractivity contribution in [2.24, 2.45) is 0 Å². The molecule has 122 valence electrons. The Morgan fingerprint density at radius 3 is 2.87 bits per heavy atom. The molecule has 0 aliphatic carbocycles. The molecule has 1 aromatic carbocycles. The monoisotopic (exact) mass is 348 g/mol. The van der Waals surface area contributed by atoms with Gasteiger partial charge in [-0.15, -0.1) is 11.3 Å². The van der Waals surface area contributed by atoms with Gasteiger partial charge in [-0.2, -0.15) is 0 Å². The molecule has 1 aromatic heterocycles. The number of hydrogen-bond donors (Lipinski definition) is 1. The van der Waals surface area contributed by atoms with Crippen molar-refractivity contribution < 1.29 is 4.79 Å². The maximum Gasteiger partial charge on any atom is 0.237 e. The largest absolute Gasteiger partial charge is 0.330 e. The molecule has 1 amide bonds. The van der Waals surface area contributed by atoms with E-state index in [0.29, 0.717) is 6.54 Å². The van der Waals surface area contributed by atoms with E-state index in [4.69, 9.17) is 11.6 Å². The van der Waals surface area contributed by atoms with Crippen molar-refractivity contribution in [2.45, 2.75) is 25.8 Å². The molecule has 0 radical (unpaired) electrons. The number of carbonyl (C=O) groups excluding carboxylic acids is 1. The number of rotatable bonds is 5. The summed E-state index contributed by atoms with van der Waals surface area (Å²) in [6, 6.07) is 10.0. The molecule has 1 aliphatic rings. The fourth-order valence-corrected chi connectivity index (χ4v) is 4.09. The van der Waals surface area contributed by atoms with Gasteiger partial charge in [-0.25, -0.2) is 0 Å². The van der Waals surface area contributed by atoms with E-state index >= 15 is 0 Å². The Labute approximate surface area is 146 Å².